The van der Waals surface area contributed by atoms with Crippen LogP contribution in [0.5, 0.6) is 0 Å². The molecular weight excluding hydrogens is 349 g/mol. The van der Waals surface area contributed by atoms with E-state index in [1.807, 2.05) is 84.9 Å². The zero-order valence-corrected chi connectivity index (χ0v) is 15.8. The third-order valence-electron chi connectivity index (χ3n) is 4.27. The summed E-state index contributed by atoms with van der Waals surface area (Å²) in [4.78, 5) is 0. The molecule has 4 heteroatoms. The van der Waals surface area contributed by atoms with Gasteiger partial charge in [0, 0.05) is 21.7 Å². The highest BCUT2D eigenvalue weighted by molar-refractivity contribution is 7.76. The average Bonchev–Trinajstić information content (AvgIpc) is 2.68. The van der Waals surface area contributed by atoms with Gasteiger partial charge < -0.3 is 0 Å². The van der Waals surface area contributed by atoms with Crippen LogP contribution in [0.3, 0.4) is 0 Å². The molecule has 3 aromatic carbocycles. The van der Waals surface area contributed by atoms with E-state index in [1.54, 1.807) is 0 Å². The molecular formula is C21H21ClNOP. The number of hydrogen-bond donors (Lipinski definition) is 1. The van der Waals surface area contributed by atoms with Crippen LogP contribution in [0.1, 0.15) is 24.9 Å². The van der Waals surface area contributed by atoms with Crippen LogP contribution in [-0.2, 0) is 4.57 Å². The minimum absolute atomic E-state index is 0.0973. The van der Waals surface area contributed by atoms with Gasteiger partial charge in [-0.2, -0.15) is 0 Å². The molecule has 0 heterocycles. The van der Waals surface area contributed by atoms with Crippen molar-refractivity contribution in [2.45, 2.75) is 19.4 Å². The number of nitrogens with one attached hydrogen (secondary N) is 1. The summed E-state index contributed by atoms with van der Waals surface area (Å²) in [5, 5.41) is 5.73. The van der Waals surface area contributed by atoms with Gasteiger partial charge in [-0.15, -0.1) is 0 Å². The molecule has 0 saturated carbocycles. The molecule has 0 aliphatic carbocycles. The molecule has 0 saturated heterocycles. The Morgan fingerprint density at radius 2 is 1.32 bits per heavy atom. The first-order valence-corrected chi connectivity index (χ1v) is 10.5. The van der Waals surface area contributed by atoms with Gasteiger partial charge in [0.1, 0.15) is 0 Å². The van der Waals surface area contributed by atoms with Gasteiger partial charge in [0.25, 0.3) is 0 Å². The summed E-state index contributed by atoms with van der Waals surface area (Å²) in [5.41, 5.74) is 0.971. The Morgan fingerprint density at radius 3 is 1.80 bits per heavy atom. The Kier molecular flexibility index (Phi) is 5.75. The van der Waals surface area contributed by atoms with E-state index in [0.29, 0.717) is 5.02 Å². The molecule has 3 rings (SSSR count). The number of halogens is 1. The molecule has 0 unspecified atom stereocenters. The Hall–Kier alpha value is -1.86. The van der Waals surface area contributed by atoms with Crippen molar-refractivity contribution in [2.75, 3.05) is 0 Å². The maximum atomic E-state index is 14.1. The molecule has 0 radical (unpaired) electrons. The zero-order chi connectivity index (χ0) is 17.7. The number of rotatable bonds is 6. The fraction of sp³-hybridized carbons (Fsp3) is 0.143. The molecule has 0 aromatic heterocycles. The van der Waals surface area contributed by atoms with Crippen LogP contribution in [0.2, 0.25) is 5.02 Å². The summed E-state index contributed by atoms with van der Waals surface area (Å²) in [7, 11) is -2.99. The lowest BCUT2D eigenvalue weighted by atomic mass is 10.1. The fourth-order valence-electron chi connectivity index (χ4n) is 2.93. The molecule has 3 aromatic rings. The molecule has 128 valence electrons. The van der Waals surface area contributed by atoms with Crippen molar-refractivity contribution >= 4 is 29.5 Å². The molecule has 25 heavy (non-hydrogen) atoms. The third kappa shape index (κ3) is 3.88. The average molecular weight is 370 g/mol. The van der Waals surface area contributed by atoms with E-state index in [-0.39, 0.29) is 6.04 Å². The summed E-state index contributed by atoms with van der Waals surface area (Å²) in [6.45, 7) is 2.07. The van der Waals surface area contributed by atoms with E-state index in [4.69, 9.17) is 11.6 Å². The van der Waals surface area contributed by atoms with Crippen LogP contribution in [0.4, 0.5) is 0 Å². The second-order valence-corrected chi connectivity index (χ2v) is 8.81. The first-order valence-electron chi connectivity index (χ1n) is 8.38. The molecule has 0 fully saturated rings. The van der Waals surface area contributed by atoms with Gasteiger partial charge in [0.05, 0.1) is 0 Å². The molecule has 1 atom stereocenters. The van der Waals surface area contributed by atoms with E-state index in [9.17, 15) is 4.57 Å². The molecule has 2 nitrogen and oxygen atoms in total. The van der Waals surface area contributed by atoms with Gasteiger partial charge >= 0.3 is 0 Å². The molecule has 0 amide bonds. The summed E-state index contributed by atoms with van der Waals surface area (Å²) in [5.74, 6) is 0. The second-order valence-electron chi connectivity index (χ2n) is 5.89. The van der Waals surface area contributed by atoms with E-state index in [2.05, 4.69) is 12.0 Å². The molecule has 0 aliphatic heterocycles. The predicted octanol–water partition coefficient (Wildman–Crippen LogP) is 5.31. The molecule has 0 bridgehead atoms. The largest absolute Gasteiger partial charge is 0.297 e. The van der Waals surface area contributed by atoms with Gasteiger partial charge in [-0.05, 0) is 42.3 Å². The van der Waals surface area contributed by atoms with E-state index in [1.165, 1.54) is 0 Å². The van der Waals surface area contributed by atoms with Crippen molar-refractivity contribution in [1.29, 1.82) is 0 Å². The molecule has 0 aliphatic rings. The lowest BCUT2D eigenvalue weighted by molar-refractivity contribution is 0.555. The van der Waals surface area contributed by atoms with Crippen LogP contribution in [0, 0.1) is 0 Å². The second kappa shape index (κ2) is 8.01. The van der Waals surface area contributed by atoms with Crippen molar-refractivity contribution in [3.63, 3.8) is 0 Å². The normalized spacial score (nSPS) is 12.7. The van der Waals surface area contributed by atoms with Crippen molar-refractivity contribution in [3.05, 3.63) is 95.5 Å². The maximum Gasteiger partial charge on any atom is 0.205 e. The highest BCUT2D eigenvalue weighted by Crippen LogP contribution is 2.43. The minimum atomic E-state index is -2.99. The lowest BCUT2D eigenvalue weighted by Crippen LogP contribution is -2.30. The van der Waals surface area contributed by atoms with Crippen molar-refractivity contribution < 1.29 is 4.57 Å². The number of benzene rings is 3. The summed E-state index contributed by atoms with van der Waals surface area (Å²) < 4.78 is 14.1. The van der Waals surface area contributed by atoms with Gasteiger partial charge in [0.15, 0.2) is 0 Å². The van der Waals surface area contributed by atoms with Crippen molar-refractivity contribution in [3.8, 4) is 0 Å². The van der Waals surface area contributed by atoms with Crippen LogP contribution in [0.25, 0.3) is 0 Å². The van der Waals surface area contributed by atoms with E-state index < -0.39 is 7.29 Å². The fourth-order valence-corrected chi connectivity index (χ4v) is 5.74. The highest BCUT2D eigenvalue weighted by Gasteiger charge is 2.30. The predicted molar refractivity (Wildman–Crippen MR) is 107 cm³/mol. The monoisotopic (exact) mass is 369 g/mol. The lowest BCUT2D eigenvalue weighted by Gasteiger charge is -2.27. The maximum absolute atomic E-state index is 14.1. The third-order valence-corrected chi connectivity index (χ3v) is 7.34. The van der Waals surface area contributed by atoms with Crippen LogP contribution < -0.4 is 15.7 Å². The zero-order valence-electron chi connectivity index (χ0n) is 14.1. The van der Waals surface area contributed by atoms with Crippen molar-refractivity contribution in [2.24, 2.45) is 0 Å². The Morgan fingerprint density at radius 1 is 0.840 bits per heavy atom. The first-order chi connectivity index (χ1) is 12.1. The van der Waals surface area contributed by atoms with Crippen LogP contribution in [0.15, 0.2) is 84.9 Å². The molecule has 0 spiro atoms. The standard InChI is InChI=1S/C21H21ClNOP/c1-2-21(19-15-9-10-16-20(19)22)23-25(24,17-11-5-3-6-12-17)18-13-7-4-8-14-18/h3-16,21H,2H2,1H3,(H,23,24)/t21-/m1/s1. The van der Waals surface area contributed by atoms with Gasteiger partial charge in [0.2, 0.25) is 7.29 Å². The van der Waals surface area contributed by atoms with Crippen LogP contribution >= 0.6 is 18.9 Å². The van der Waals surface area contributed by atoms with Gasteiger partial charge in [-0.25, -0.2) is 0 Å². The molecule has 1 N–H and O–H groups in total. The van der Waals surface area contributed by atoms with Crippen LogP contribution in [-0.4, -0.2) is 0 Å². The van der Waals surface area contributed by atoms with Gasteiger partial charge in [-0.1, -0.05) is 73.1 Å². The topological polar surface area (TPSA) is 29.1 Å². The quantitative estimate of drug-likeness (QED) is 0.596. The number of hydrogen-bond acceptors (Lipinski definition) is 1. The first kappa shape index (κ1) is 17.9. The van der Waals surface area contributed by atoms with Gasteiger partial charge in [-0.3, -0.25) is 9.65 Å². The Balaban J connectivity index is 2.07. The smallest absolute Gasteiger partial charge is 0.205 e. The minimum Gasteiger partial charge on any atom is -0.297 e. The highest BCUT2D eigenvalue weighted by atomic mass is 35.5. The summed E-state index contributed by atoms with van der Waals surface area (Å²) in [6, 6.07) is 26.8. The summed E-state index contributed by atoms with van der Waals surface area (Å²) >= 11 is 6.39. The Bertz CT molecular complexity index is 824. The van der Waals surface area contributed by atoms with E-state index in [0.717, 1.165) is 22.6 Å². The summed E-state index contributed by atoms with van der Waals surface area (Å²) in [6.07, 6.45) is 0.785. The SMILES string of the molecule is CC[C@@H](NP(=O)(c1ccccc1)c1ccccc1)c1ccccc1Cl. The van der Waals surface area contributed by atoms with E-state index >= 15 is 0 Å². The Labute approximate surface area is 154 Å². The van der Waals surface area contributed by atoms with Crippen molar-refractivity contribution in [1.82, 2.24) is 5.09 Å².